The van der Waals surface area contributed by atoms with Crippen molar-refractivity contribution in [2.45, 2.75) is 98.0 Å². The van der Waals surface area contributed by atoms with Gasteiger partial charge in [-0.15, -0.1) is 11.3 Å². The number of amides is 5. The van der Waals surface area contributed by atoms with Gasteiger partial charge in [-0.3, -0.25) is 29.3 Å². The molecule has 3 aromatic heterocycles. The number of β-amino-alcohol motifs (C(OH)–C–C–N with tert-alkyl or cyclic N) is 1. The Balaban J connectivity index is 0.793. The maximum atomic E-state index is 14.2. The highest BCUT2D eigenvalue weighted by molar-refractivity contribution is 7.22. The number of para-hydroxylation sites is 1. The molecule has 0 saturated carbocycles. The summed E-state index contributed by atoms with van der Waals surface area (Å²) in [6.45, 7) is 13.8. The number of nitrogens with zero attached hydrogens (tertiary/aromatic N) is 6. The van der Waals surface area contributed by atoms with E-state index in [1.54, 1.807) is 11.3 Å². The molecule has 378 valence electrons. The Bertz CT molecular complexity index is 2920. The van der Waals surface area contributed by atoms with E-state index in [1.807, 2.05) is 132 Å². The maximum absolute atomic E-state index is 14.2. The average Bonchev–Trinajstić information content (AvgIpc) is 4.10. The third kappa shape index (κ3) is 12.2. The lowest BCUT2D eigenvalue weighted by Gasteiger charge is -2.35. The molecule has 8 rings (SSSR count). The van der Waals surface area contributed by atoms with E-state index in [0.29, 0.717) is 61.4 Å². The Morgan fingerprint density at radius 2 is 1.69 bits per heavy atom. The fourth-order valence-corrected chi connectivity index (χ4v) is 11.0. The predicted octanol–water partition coefficient (Wildman–Crippen LogP) is 7.06. The van der Waals surface area contributed by atoms with E-state index in [9.17, 15) is 29.1 Å². The van der Waals surface area contributed by atoms with Crippen LogP contribution in [0.15, 0.2) is 84.4 Å². The van der Waals surface area contributed by atoms with Crippen molar-refractivity contribution < 1.29 is 29.1 Å². The summed E-state index contributed by atoms with van der Waals surface area (Å²) in [7, 11) is 1.90. The fraction of sp³-hybridized carbons (Fsp3) is 0.407. The zero-order valence-corrected chi connectivity index (χ0v) is 43.6. The molecule has 1 saturated heterocycles. The van der Waals surface area contributed by atoms with Gasteiger partial charge in [0, 0.05) is 51.1 Å². The molecular formula is C54H64N10O6S2. The lowest BCUT2D eigenvalue weighted by molar-refractivity contribution is -0.144. The molecule has 18 heteroatoms. The Morgan fingerprint density at radius 1 is 0.917 bits per heavy atom. The molecule has 0 radical (unpaired) electrons. The van der Waals surface area contributed by atoms with Crippen LogP contribution in [0.3, 0.4) is 0 Å². The van der Waals surface area contributed by atoms with Crippen LogP contribution in [0, 0.1) is 19.3 Å². The van der Waals surface area contributed by atoms with Crippen molar-refractivity contribution in [1.82, 2.24) is 40.7 Å². The molecule has 72 heavy (non-hydrogen) atoms. The molecule has 16 nitrogen and oxygen atoms in total. The Kier molecular flexibility index (Phi) is 16.1. The Hall–Kier alpha value is -6.60. The number of aromatic nitrogens is 3. The van der Waals surface area contributed by atoms with Crippen molar-refractivity contribution in [3.8, 4) is 10.4 Å². The van der Waals surface area contributed by atoms with Gasteiger partial charge in [-0.25, -0.2) is 15.0 Å². The second-order valence-corrected chi connectivity index (χ2v) is 21.8. The number of carbonyl (C=O) groups excluding carboxylic acids is 5. The number of hydrogen-bond donors (Lipinski definition) is 5. The largest absolute Gasteiger partial charge is 0.391 e. The van der Waals surface area contributed by atoms with Gasteiger partial charge in [-0.1, -0.05) is 86.7 Å². The van der Waals surface area contributed by atoms with Crippen LogP contribution < -0.4 is 26.2 Å². The van der Waals surface area contributed by atoms with Crippen molar-refractivity contribution in [1.29, 1.82) is 0 Å². The molecule has 2 aliphatic heterocycles. The molecule has 0 bridgehead atoms. The number of pyridine rings is 1. The summed E-state index contributed by atoms with van der Waals surface area (Å²) >= 11 is 3.01. The second-order valence-electron chi connectivity index (χ2n) is 19.9. The second kappa shape index (κ2) is 22.4. The van der Waals surface area contributed by atoms with E-state index < -0.39 is 29.5 Å². The van der Waals surface area contributed by atoms with Crippen LogP contribution in [0.25, 0.3) is 20.7 Å². The van der Waals surface area contributed by atoms with Crippen LogP contribution in [-0.4, -0.2) is 117 Å². The molecule has 0 aliphatic carbocycles. The zero-order valence-electron chi connectivity index (χ0n) is 42.0. The predicted molar refractivity (Wildman–Crippen MR) is 283 cm³/mol. The third-order valence-corrected chi connectivity index (χ3v) is 15.4. The first-order chi connectivity index (χ1) is 34.4. The van der Waals surface area contributed by atoms with Crippen LogP contribution >= 0.6 is 22.7 Å². The van der Waals surface area contributed by atoms with E-state index >= 15 is 0 Å². The number of fused-ring (bicyclic) bond motifs is 2. The van der Waals surface area contributed by atoms with E-state index in [0.717, 1.165) is 55.0 Å². The van der Waals surface area contributed by atoms with Gasteiger partial charge in [-0.05, 0) is 105 Å². The third-order valence-electron chi connectivity index (χ3n) is 13.4. The first-order valence-electron chi connectivity index (χ1n) is 24.5. The summed E-state index contributed by atoms with van der Waals surface area (Å²) in [5.74, 6) is -0.937. The number of nitrogens with one attached hydrogen (secondary N) is 4. The van der Waals surface area contributed by atoms with Gasteiger partial charge >= 0.3 is 0 Å². The van der Waals surface area contributed by atoms with E-state index in [1.165, 1.54) is 16.2 Å². The number of anilines is 2. The minimum atomic E-state index is -0.938. The first-order valence-corrected chi connectivity index (χ1v) is 26.2. The van der Waals surface area contributed by atoms with Crippen molar-refractivity contribution in [2.75, 3.05) is 50.0 Å². The van der Waals surface area contributed by atoms with Crippen molar-refractivity contribution >= 4 is 73.4 Å². The molecule has 2 aliphatic rings. The van der Waals surface area contributed by atoms with Crippen LogP contribution in [-0.2, 0) is 27.3 Å². The van der Waals surface area contributed by atoms with E-state index in [-0.39, 0.29) is 49.1 Å². The van der Waals surface area contributed by atoms with Gasteiger partial charge in [0.15, 0.2) is 5.13 Å². The van der Waals surface area contributed by atoms with Crippen molar-refractivity contribution in [3.63, 3.8) is 0 Å². The number of aryl methyl sites for hydroxylation is 2. The Morgan fingerprint density at radius 3 is 2.43 bits per heavy atom. The number of aliphatic hydroxyl groups is 1. The molecule has 3 aromatic carbocycles. The van der Waals surface area contributed by atoms with E-state index in [4.69, 9.17) is 4.98 Å². The normalized spacial score (nSPS) is 16.6. The number of likely N-dealkylation sites (tertiary alicyclic amines) is 1. The zero-order chi connectivity index (χ0) is 51.3. The summed E-state index contributed by atoms with van der Waals surface area (Å²) in [6.07, 6.45) is 0.676. The molecule has 1 fully saturated rings. The van der Waals surface area contributed by atoms with Crippen LogP contribution in [0.2, 0.25) is 0 Å². The number of aliphatic hydroxyl groups excluding tert-OH is 1. The van der Waals surface area contributed by atoms with Crippen molar-refractivity contribution in [2.24, 2.45) is 5.41 Å². The number of rotatable bonds is 17. The van der Waals surface area contributed by atoms with Gasteiger partial charge in [0.2, 0.25) is 17.7 Å². The quantitative estimate of drug-likeness (QED) is 0.0586. The van der Waals surface area contributed by atoms with Gasteiger partial charge < -0.3 is 35.8 Å². The number of hydrogen-bond acceptors (Lipinski definition) is 13. The van der Waals surface area contributed by atoms with Gasteiger partial charge in [0.25, 0.3) is 11.8 Å². The highest BCUT2D eigenvalue weighted by atomic mass is 32.1. The van der Waals surface area contributed by atoms with Crippen molar-refractivity contribution in [3.05, 3.63) is 124 Å². The lowest BCUT2D eigenvalue weighted by Crippen LogP contribution is -2.58. The van der Waals surface area contributed by atoms with Gasteiger partial charge in [0.1, 0.15) is 23.6 Å². The summed E-state index contributed by atoms with van der Waals surface area (Å²) < 4.78 is 0.999. The standard InChI is InChI=1S/C54H64N10O6S2/c1-32-16-21-44(63-27-22-36-12-10-13-39(40(36)30-63)49(67)61-53-58-41-14-8-9-15-43(41)72-53)59-46(32)51(69)55-24-11-25-62(7)26-23-45(66)60-48(54(4,5)6)52(70)64-29-38(65)28-42(64)50(68)57-33(2)35-17-19-37(20-18-35)47-34(3)56-31-71-47/h8-10,12-21,31,33,38,42,48,65H,11,22-30H2,1-7H3,(H,55,69)(H,57,68)(H,60,66)(H,58,61,67)/t33-,38+,42-,48+/m0/s1. The summed E-state index contributed by atoms with van der Waals surface area (Å²) in [6, 6.07) is 23.1. The number of carbonyl (C=O) groups is 5. The molecule has 5 amide bonds. The Labute approximate surface area is 428 Å². The fourth-order valence-electron chi connectivity index (χ4n) is 9.29. The summed E-state index contributed by atoms with van der Waals surface area (Å²) in [4.78, 5) is 88.8. The number of thiazole rings is 2. The van der Waals surface area contributed by atoms with Gasteiger partial charge in [-0.2, -0.15) is 0 Å². The molecule has 5 heterocycles. The molecule has 0 spiro atoms. The first kappa shape index (κ1) is 51.7. The average molecular weight is 1010 g/mol. The molecular weight excluding hydrogens is 949 g/mol. The monoisotopic (exact) mass is 1010 g/mol. The maximum Gasteiger partial charge on any atom is 0.270 e. The summed E-state index contributed by atoms with van der Waals surface area (Å²) in [5, 5.41) is 23.3. The number of benzene rings is 3. The topological polar surface area (TPSA) is 202 Å². The summed E-state index contributed by atoms with van der Waals surface area (Å²) in [5.41, 5.74) is 8.56. The molecule has 0 unspecified atom stereocenters. The van der Waals surface area contributed by atoms with Crippen LogP contribution in [0.4, 0.5) is 10.9 Å². The van der Waals surface area contributed by atoms with Crippen LogP contribution in [0.5, 0.6) is 0 Å². The highest BCUT2D eigenvalue weighted by Crippen LogP contribution is 2.32. The highest BCUT2D eigenvalue weighted by Gasteiger charge is 2.44. The lowest BCUT2D eigenvalue weighted by atomic mass is 9.85. The van der Waals surface area contributed by atoms with E-state index in [2.05, 4.69) is 42.2 Å². The van der Waals surface area contributed by atoms with Gasteiger partial charge in [0.05, 0.1) is 38.4 Å². The molecule has 6 aromatic rings. The SMILES string of the molecule is Cc1ccc(N2CCc3cccc(C(=O)Nc4nc5ccccc5s4)c3C2)nc1C(=O)NCCCN(C)CCC(=O)N[C@H](C(=O)N1C[C@H](O)C[C@H]1C(=O)N[C@@H](C)c1ccc(-c2scnc2C)cc1)C(C)(C)C. The van der Waals surface area contributed by atoms with Crippen LogP contribution in [0.1, 0.15) is 102 Å². The minimum Gasteiger partial charge on any atom is -0.391 e. The minimum absolute atomic E-state index is 0.0138. The smallest absolute Gasteiger partial charge is 0.270 e. The molecule has 5 N–H and O–H groups in total. The molecule has 4 atom stereocenters.